The zero-order valence-corrected chi connectivity index (χ0v) is 56.4. The Morgan fingerprint density at radius 1 is 0.500 bits per heavy atom. The average Bonchev–Trinajstić information content (AvgIpc) is 3.31. The minimum absolute atomic E-state index is 0. The van der Waals surface area contributed by atoms with Gasteiger partial charge in [0, 0.05) is 176 Å². The Bertz CT molecular complexity index is 347. The van der Waals surface area contributed by atoms with E-state index in [0.717, 1.165) is 24.4 Å². The van der Waals surface area contributed by atoms with Gasteiger partial charge in [-0.2, -0.15) is 6.42 Å². The van der Waals surface area contributed by atoms with Crippen molar-refractivity contribution in [3.63, 3.8) is 0 Å². The van der Waals surface area contributed by atoms with Crippen LogP contribution < -0.4 is 0 Å². The van der Waals surface area contributed by atoms with Crippen molar-refractivity contribution in [3.05, 3.63) is 50.6 Å². The molecule has 0 aliphatic carbocycles. The Balaban J connectivity index is -0.00000000916. The number of rotatable bonds is 2. The van der Waals surface area contributed by atoms with Gasteiger partial charge in [-0.3, -0.25) is 6.54 Å². The van der Waals surface area contributed by atoms with E-state index in [9.17, 15) is 0 Å². The summed E-state index contributed by atoms with van der Waals surface area (Å²) in [6, 6.07) is 2.06. The fourth-order valence-electron chi connectivity index (χ4n) is 3.76. The van der Waals surface area contributed by atoms with Gasteiger partial charge >= 0.3 is 32.7 Å². The molecular weight excluding hydrogens is 1120 g/mol. The quantitative estimate of drug-likeness (QED) is 0.255. The van der Waals surface area contributed by atoms with Gasteiger partial charge in [0.05, 0.1) is 0 Å². The van der Waals surface area contributed by atoms with Crippen molar-refractivity contribution in [2.75, 3.05) is 20.1 Å². The molecule has 2 aliphatic rings. The second-order valence-corrected chi connectivity index (χ2v) is 7.99. The molecule has 9 heteroatoms. The van der Waals surface area contributed by atoms with Crippen LogP contribution in [0, 0.1) is 62.4 Å². The molecule has 2 saturated heterocycles. The monoisotopic (exact) mass is 1240 g/mol. The first kappa shape index (κ1) is 161. The van der Waals surface area contributed by atoms with Gasteiger partial charge in [0.1, 0.15) is 0 Å². The van der Waals surface area contributed by atoms with Gasteiger partial charge in [-0.25, -0.2) is 0 Å². The third-order valence-corrected chi connectivity index (χ3v) is 6.33. The van der Waals surface area contributed by atoms with Crippen LogP contribution in [0.1, 0.15) is 203 Å². The minimum atomic E-state index is 0. The van der Waals surface area contributed by atoms with E-state index >= 15 is 0 Å². The Morgan fingerprint density at radius 3 is 0.889 bits per heavy atom. The van der Waals surface area contributed by atoms with E-state index in [1.54, 1.807) is 0 Å². The summed E-state index contributed by atoms with van der Waals surface area (Å²) in [5, 5.41) is 0. The zero-order valence-electron chi connectivity index (χ0n) is 39.4. The van der Waals surface area contributed by atoms with Crippen molar-refractivity contribution in [3.8, 4) is 0 Å². The number of likely N-dealkylation sites (tertiary alicyclic amines) is 1. The Kier molecular flexibility index (Phi) is 409. The molecule has 339 valence electrons. The van der Waals surface area contributed by atoms with Gasteiger partial charge in [-0.05, 0) is 45.9 Å². The second kappa shape index (κ2) is 137. The van der Waals surface area contributed by atoms with Gasteiger partial charge in [0.25, 0.3) is 0 Å². The third-order valence-electron chi connectivity index (χ3n) is 6.33. The summed E-state index contributed by atoms with van der Waals surface area (Å²) in [5.74, 6) is 1.59. The van der Waals surface area contributed by atoms with Crippen LogP contribution in [0.25, 0.3) is 0 Å². The van der Waals surface area contributed by atoms with E-state index in [2.05, 4.69) is 97.5 Å². The molecule has 0 spiro atoms. The maximum absolute atomic E-state index is 4.22. The predicted molar refractivity (Wildman–Crippen MR) is 254 cm³/mol. The maximum Gasteiger partial charge on any atom is 3.00 e. The van der Waals surface area contributed by atoms with E-state index in [1.807, 2.05) is 83.1 Å². The van der Waals surface area contributed by atoms with Crippen LogP contribution >= 0.6 is 0 Å². The summed E-state index contributed by atoms with van der Waals surface area (Å²) < 4.78 is 0. The molecule has 0 amide bonds. The van der Waals surface area contributed by atoms with Crippen LogP contribution in [-0.4, -0.2) is 59.1 Å². The standard InChI is InChI=1S/C11H23N2.C8H16N.C3H8.6C2H6.6CH4.5CH3.6Y/c1-7-13-10(4)8(2)9(3)12(6)11(13)5;1-4-9-6-5-7(2)8(9)3;1-3-2;6*1-2;;;;;;;;;;;;;;;;;/h8-11H,5,7H2,1-4,6H3;6-8H,4-5H2,1-3H3;3H2,1-2H3;6*1-2H3;6*1H4;5*1H3;;;;;;/q2*-1;;;;;;;;;;;;;;5*-1;;;;;;+3/t8-,9+,10-,11?;7-,8-;;;;;;;;;;;;;;;;;;;;;;;;/m11......................../s1. The third kappa shape index (κ3) is 85.7. The van der Waals surface area contributed by atoms with Crippen molar-refractivity contribution in [1.29, 1.82) is 0 Å². The molecule has 6 atom stereocenters. The van der Waals surface area contributed by atoms with Crippen molar-refractivity contribution in [2.24, 2.45) is 11.8 Å². The second-order valence-electron chi connectivity index (χ2n) is 7.99. The van der Waals surface area contributed by atoms with Crippen LogP contribution in [0.2, 0.25) is 0 Å². The Morgan fingerprint density at radius 2 is 0.741 bits per heavy atom. The summed E-state index contributed by atoms with van der Waals surface area (Å²) in [7, 11) is 2.17. The molecule has 54 heavy (non-hydrogen) atoms. The molecule has 2 aliphatic heterocycles. The smallest absolute Gasteiger partial charge is 0.454 e. The van der Waals surface area contributed by atoms with Gasteiger partial charge in [0.2, 0.25) is 0 Å². The Hall–Kier alpha value is 6.50. The minimum Gasteiger partial charge on any atom is -0.454 e. The summed E-state index contributed by atoms with van der Waals surface area (Å²) >= 11 is 0. The van der Waals surface area contributed by atoms with Crippen LogP contribution in [0.5, 0.6) is 0 Å². The fraction of sp³-hybridized carbons (Fsp3) is 0.844. The first-order chi connectivity index (χ1) is 17.7. The molecule has 1 unspecified atom stereocenters. The molecule has 0 aromatic rings. The number of nitrogens with zero attached hydrogens (tertiary/aromatic N) is 3. The first-order valence-corrected chi connectivity index (χ1v) is 16.6. The molecule has 2 fully saturated rings. The number of hydrogen-bond donors (Lipinski definition) is 0. The topological polar surface area (TPSA) is 9.72 Å². The van der Waals surface area contributed by atoms with E-state index in [1.165, 1.54) is 19.4 Å². The van der Waals surface area contributed by atoms with Crippen LogP contribution in [0.4, 0.5) is 0 Å². The van der Waals surface area contributed by atoms with E-state index < -0.39 is 0 Å². The normalized spacial score (nSPS) is 17.8. The number of hydrogen-bond acceptors (Lipinski definition) is 3. The van der Waals surface area contributed by atoms with Crippen LogP contribution in [0.3, 0.4) is 0 Å². The zero-order chi connectivity index (χ0) is 31.7. The van der Waals surface area contributed by atoms with Crippen molar-refractivity contribution in [1.82, 2.24) is 14.7 Å². The van der Waals surface area contributed by atoms with Gasteiger partial charge in [0.15, 0.2) is 0 Å². The molecule has 2 rings (SSSR count). The van der Waals surface area contributed by atoms with Gasteiger partial charge < -0.3 is 58.8 Å². The molecule has 0 saturated carbocycles. The van der Waals surface area contributed by atoms with Crippen molar-refractivity contribution >= 4 is 0 Å². The summed E-state index contributed by atoms with van der Waals surface area (Å²) in [4.78, 5) is 7.25. The molecule has 0 aromatic carbocycles. The van der Waals surface area contributed by atoms with Gasteiger partial charge in [-0.15, -0.1) is 0 Å². The van der Waals surface area contributed by atoms with E-state index in [-0.39, 0.29) is 278 Å². The predicted octanol–water partition coefficient (Wildman–Crippen LogP) is 17.4. The van der Waals surface area contributed by atoms with Crippen LogP contribution in [-0.2, 0) is 196 Å². The van der Waals surface area contributed by atoms with Crippen LogP contribution in [0.15, 0.2) is 0 Å². The molecule has 0 N–H and O–H groups in total. The fourth-order valence-corrected chi connectivity index (χ4v) is 3.76. The first-order valence-electron chi connectivity index (χ1n) is 16.6. The summed E-state index contributed by atoms with van der Waals surface area (Å²) in [6.45, 7) is 53.1. The summed E-state index contributed by atoms with van der Waals surface area (Å²) in [5.41, 5.74) is 0. The summed E-state index contributed by atoms with van der Waals surface area (Å²) in [6.07, 6.45) is 2.86. The van der Waals surface area contributed by atoms with Crippen molar-refractivity contribution in [2.45, 2.75) is 227 Å². The Labute approximate surface area is 511 Å². The van der Waals surface area contributed by atoms with E-state index in [0.29, 0.717) is 18.2 Å². The van der Waals surface area contributed by atoms with Crippen molar-refractivity contribution < 1.29 is 196 Å². The molecule has 3 nitrogen and oxygen atoms in total. The molecule has 5 radical (unpaired) electrons. The molecule has 0 aromatic heterocycles. The largest absolute Gasteiger partial charge is 3.00 e. The molecular formula is C45H122N3Y6-4. The maximum atomic E-state index is 4.22. The molecule has 2 heterocycles. The SMILES string of the molecule is C.C.C.C.C.C.CC.CC.CC.CC.CC.CC.CCC.CCN1[CH-]C[C@@H](C)[C@H]1C.[CH2-]C1N(C)[C@@H](C)[C@@H](C)[C@@H](C)N1CC.[CH3-].[CH3-].[CH3-].[CH3-].[CH3-].[Y+3].[Y].[Y].[Y].[Y].[Y]. The van der Waals surface area contributed by atoms with Gasteiger partial charge in [-0.1, -0.05) is 195 Å². The van der Waals surface area contributed by atoms with E-state index in [4.69, 9.17) is 0 Å². The average molecular weight is 1240 g/mol. The molecule has 0 bridgehead atoms.